The molecule has 176 valence electrons. The van der Waals surface area contributed by atoms with Gasteiger partial charge in [-0.2, -0.15) is 13.2 Å². The van der Waals surface area contributed by atoms with Gasteiger partial charge in [-0.05, 0) is 60.6 Å². The number of halogens is 3. The normalized spacial score (nSPS) is 17.3. The van der Waals surface area contributed by atoms with Crippen LogP contribution in [0.15, 0.2) is 59.4 Å². The monoisotopic (exact) mass is 479 g/mol. The zero-order valence-corrected chi connectivity index (χ0v) is 18.8. The Bertz CT molecular complexity index is 1010. The second-order valence-electron chi connectivity index (χ2n) is 7.71. The lowest BCUT2D eigenvalue weighted by atomic mass is 10.2. The molecular formula is C22H24F3N5O2S. The molecule has 0 radical (unpaired) electrons. The molecule has 0 spiro atoms. The van der Waals surface area contributed by atoms with E-state index in [2.05, 4.69) is 15.3 Å². The van der Waals surface area contributed by atoms with Gasteiger partial charge in [-0.3, -0.25) is 15.2 Å². The fourth-order valence-electron chi connectivity index (χ4n) is 3.61. The van der Waals surface area contributed by atoms with E-state index < -0.39 is 5.51 Å². The number of alkyl halides is 3. The number of thioether (sulfide) groups is 1. The van der Waals surface area contributed by atoms with E-state index in [9.17, 15) is 18.0 Å². The Morgan fingerprint density at radius 2 is 1.91 bits per heavy atom. The second kappa shape index (κ2) is 10.0. The number of nitrogens with zero attached hydrogens (tertiary/aromatic N) is 4. The Balaban J connectivity index is 1.36. The van der Waals surface area contributed by atoms with Crippen LogP contribution in [0.3, 0.4) is 0 Å². The molecule has 2 aliphatic rings. The first kappa shape index (κ1) is 23.4. The molecule has 2 aromatic rings. The van der Waals surface area contributed by atoms with E-state index in [0.717, 1.165) is 16.9 Å². The van der Waals surface area contributed by atoms with E-state index in [1.54, 1.807) is 24.4 Å². The third-order valence-corrected chi connectivity index (χ3v) is 6.01. The first-order valence-corrected chi connectivity index (χ1v) is 11.2. The van der Waals surface area contributed by atoms with Gasteiger partial charge in [0.05, 0.1) is 19.9 Å². The number of benzene rings is 1. The molecule has 0 atom stereocenters. The maximum atomic E-state index is 12.6. The Kier molecular flexibility index (Phi) is 7.11. The number of morpholine rings is 1. The third-order valence-electron chi connectivity index (χ3n) is 5.27. The number of hydrogen-bond acceptors (Lipinski definition) is 7. The number of ether oxygens (including phenoxy) is 1. The van der Waals surface area contributed by atoms with E-state index in [1.165, 1.54) is 12.1 Å². The van der Waals surface area contributed by atoms with Crippen molar-refractivity contribution in [1.82, 2.24) is 20.3 Å². The van der Waals surface area contributed by atoms with E-state index in [0.29, 0.717) is 45.2 Å². The van der Waals surface area contributed by atoms with Gasteiger partial charge in [0, 0.05) is 48.3 Å². The van der Waals surface area contributed by atoms with Gasteiger partial charge in [-0.1, -0.05) is 0 Å². The summed E-state index contributed by atoms with van der Waals surface area (Å²) in [5, 5.41) is 1.82. The average Bonchev–Trinajstić information content (AvgIpc) is 3.14. The lowest BCUT2D eigenvalue weighted by molar-refractivity contribution is -0.0328. The van der Waals surface area contributed by atoms with Gasteiger partial charge in [-0.15, -0.1) is 0 Å². The molecule has 4 rings (SSSR count). The molecule has 1 amide bonds. The standard InChI is InChI=1S/C22H24F3N5O2S/c1-16-13-29(18-2-4-19(5-3-18)33-22(23,24)25)15-28(16)14-17-6-7-26-20(12-17)21(31)27-30-8-10-32-11-9-30/h2-7,12-13H,8-11,14-15H2,1H3,(H,27,31). The van der Waals surface area contributed by atoms with E-state index >= 15 is 0 Å². The SMILES string of the molecule is CC1=CN(c2ccc(SC(F)(F)F)cc2)CN1Cc1ccnc(C(=O)NN2CCOCC2)c1. The van der Waals surface area contributed by atoms with Gasteiger partial charge in [0.2, 0.25) is 0 Å². The largest absolute Gasteiger partial charge is 0.446 e. The van der Waals surface area contributed by atoms with Crippen molar-refractivity contribution in [2.75, 3.05) is 37.9 Å². The van der Waals surface area contributed by atoms with Gasteiger partial charge in [0.25, 0.3) is 5.91 Å². The van der Waals surface area contributed by atoms with Crippen molar-refractivity contribution in [1.29, 1.82) is 0 Å². The molecule has 0 saturated carbocycles. The molecule has 3 heterocycles. The van der Waals surface area contributed by atoms with Crippen molar-refractivity contribution in [2.24, 2.45) is 0 Å². The third kappa shape index (κ3) is 6.40. The second-order valence-corrected chi connectivity index (χ2v) is 8.85. The fourth-order valence-corrected chi connectivity index (χ4v) is 4.15. The quantitative estimate of drug-likeness (QED) is 0.633. The molecule has 1 N–H and O–H groups in total. The summed E-state index contributed by atoms with van der Waals surface area (Å²) in [5.41, 5.74) is 1.66. The zero-order valence-electron chi connectivity index (χ0n) is 18.0. The smallest absolute Gasteiger partial charge is 0.379 e. The highest BCUT2D eigenvalue weighted by Crippen LogP contribution is 2.37. The minimum atomic E-state index is -4.30. The number of amides is 1. The van der Waals surface area contributed by atoms with Crippen molar-refractivity contribution in [3.05, 3.63) is 65.7 Å². The lowest BCUT2D eigenvalue weighted by Crippen LogP contribution is -2.48. The number of anilines is 1. The topological polar surface area (TPSA) is 60.9 Å². The van der Waals surface area contributed by atoms with Crippen LogP contribution < -0.4 is 10.3 Å². The van der Waals surface area contributed by atoms with Crippen molar-refractivity contribution in [3.8, 4) is 0 Å². The molecule has 0 unspecified atom stereocenters. The Morgan fingerprint density at radius 3 is 2.61 bits per heavy atom. The minimum absolute atomic E-state index is 0.123. The van der Waals surface area contributed by atoms with Gasteiger partial charge in [0.1, 0.15) is 5.69 Å². The number of aromatic nitrogens is 1. The fraction of sp³-hybridized carbons (Fsp3) is 0.364. The van der Waals surface area contributed by atoms with Gasteiger partial charge < -0.3 is 14.5 Å². The molecule has 1 aromatic heterocycles. The predicted octanol–water partition coefficient (Wildman–Crippen LogP) is 3.81. The van der Waals surface area contributed by atoms with Crippen molar-refractivity contribution in [2.45, 2.75) is 23.9 Å². The van der Waals surface area contributed by atoms with Crippen LogP contribution in [0.2, 0.25) is 0 Å². The Labute approximate surface area is 194 Å². The molecule has 7 nitrogen and oxygen atoms in total. The number of hydrazine groups is 1. The van der Waals surface area contributed by atoms with Crippen LogP contribution in [0.1, 0.15) is 23.0 Å². The van der Waals surface area contributed by atoms with Crippen molar-refractivity contribution >= 4 is 23.4 Å². The molecule has 0 aliphatic carbocycles. The van der Waals surface area contributed by atoms with Crippen LogP contribution in [0, 0.1) is 0 Å². The lowest BCUT2D eigenvalue weighted by Gasteiger charge is -2.27. The summed E-state index contributed by atoms with van der Waals surface area (Å²) < 4.78 is 42.9. The van der Waals surface area contributed by atoms with E-state index in [1.807, 2.05) is 29.1 Å². The van der Waals surface area contributed by atoms with Gasteiger partial charge in [-0.25, -0.2) is 5.01 Å². The van der Waals surface area contributed by atoms with Gasteiger partial charge in [0.15, 0.2) is 0 Å². The highest BCUT2D eigenvalue weighted by Gasteiger charge is 2.29. The minimum Gasteiger partial charge on any atom is -0.379 e. The average molecular weight is 480 g/mol. The molecule has 1 aromatic carbocycles. The highest BCUT2D eigenvalue weighted by molar-refractivity contribution is 8.00. The van der Waals surface area contributed by atoms with Crippen LogP contribution in [0.25, 0.3) is 0 Å². The van der Waals surface area contributed by atoms with Crippen molar-refractivity contribution in [3.63, 3.8) is 0 Å². The maximum absolute atomic E-state index is 12.6. The maximum Gasteiger partial charge on any atom is 0.446 e. The van der Waals surface area contributed by atoms with Crippen LogP contribution in [-0.2, 0) is 11.3 Å². The highest BCUT2D eigenvalue weighted by atomic mass is 32.2. The van der Waals surface area contributed by atoms with E-state index in [-0.39, 0.29) is 22.6 Å². The van der Waals surface area contributed by atoms with Crippen molar-refractivity contribution < 1.29 is 22.7 Å². The number of rotatable bonds is 6. The summed E-state index contributed by atoms with van der Waals surface area (Å²) in [6.45, 7) is 5.52. The van der Waals surface area contributed by atoms with Gasteiger partial charge >= 0.3 is 5.51 Å². The molecule has 33 heavy (non-hydrogen) atoms. The summed E-state index contributed by atoms with van der Waals surface area (Å²) in [6, 6.07) is 9.95. The molecule has 1 fully saturated rings. The number of nitrogens with one attached hydrogen (secondary N) is 1. The summed E-state index contributed by atoms with van der Waals surface area (Å²) >= 11 is -0.123. The number of carbonyl (C=O) groups is 1. The summed E-state index contributed by atoms with van der Waals surface area (Å²) in [5.74, 6) is -0.258. The Hall–Kier alpha value is -2.76. The first-order chi connectivity index (χ1) is 15.8. The number of pyridine rings is 1. The molecule has 11 heteroatoms. The summed E-state index contributed by atoms with van der Waals surface area (Å²) in [4.78, 5) is 21.0. The zero-order chi connectivity index (χ0) is 23.4. The first-order valence-electron chi connectivity index (χ1n) is 10.4. The van der Waals surface area contributed by atoms with E-state index in [4.69, 9.17) is 4.74 Å². The molecule has 2 aliphatic heterocycles. The van der Waals surface area contributed by atoms with Crippen LogP contribution in [-0.4, -0.2) is 59.3 Å². The number of allylic oxidation sites excluding steroid dienone is 1. The summed E-state index contributed by atoms with van der Waals surface area (Å²) in [6.07, 6.45) is 3.58. The van der Waals surface area contributed by atoms with Crippen LogP contribution >= 0.6 is 11.8 Å². The Morgan fingerprint density at radius 1 is 1.18 bits per heavy atom. The van der Waals surface area contributed by atoms with Crippen LogP contribution in [0.5, 0.6) is 0 Å². The molecular weight excluding hydrogens is 455 g/mol. The number of hydrogen-bond donors (Lipinski definition) is 1. The van der Waals surface area contributed by atoms with Crippen LogP contribution in [0.4, 0.5) is 18.9 Å². The summed E-state index contributed by atoms with van der Waals surface area (Å²) in [7, 11) is 0. The predicted molar refractivity (Wildman–Crippen MR) is 119 cm³/mol. The molecule has 1 saturated heterocycles. The number of carbonyl (C=O) groups excluding carboxylic acids is 1. The molecule has 0 bridgehead atoms.